The zero-order chi connectivity index (χ0) is 12.1. The average molecular weight is 245 g/mol. The molecule has 0 aliphatic heterocycles. The van der Waals surface area contributed by atoms with E-state index in [0.29, 0.717) is 23.0 Å². The molecule has 0 atom stereocenters. The van der Waals surface area contributed by atoms with Crippen LogP contribution in [0.2, 0.25) is 5.15 Å². The number of aromatic nitrogens is 1. The van der Waals surface area contributed by atoms with Crippen LogP contribution >= 0.6 is 11.6 Å². The molecule has 0 saturated heterocycles. The number of carbonyl (C=O) groups excluding carboxylic acids is 1. The number of halogens is 1. The van der Waals surface area contributed by atoms with E-state index in [0.717, 1.165) is 5.56 Å². The summed E-state index contributed by atoms with van der Waals surface area (Å²) in [5.74, 6) is 0. The van der Waals surface area contributed by atoms with Gasteiger partial charge in [-0.25, -0.2) is 9.78 Å². The fraction of sp³-hybridized carbons (Fsp3) is 0.0769. The van der Waals surface area contributed by atoms with Crippen LogP contribution in [-0.2, 0) is 11.2 Å². The summed E-state index contributed by atoms with van der Waals surface area (Å²) in [6.45, 7) is 0. The van der Waals surface area contributed by atoms with E-state index in [2.05, 4.69) is 9.98 Å². The number of rotatable bonds is 3. The van der Waals surface area contributed by atoms with Crippen molar-refractivity contribution in [3.05, 3.63) is 58.9 Å². The minimum absolute atomic E-state index is 0.390. The van der Waals surface area contributed by atoms with Crippen molar-refractivity contribution >= 4 is 23.4 Å². The van der Waals surface area contributed by atoms with Crippen LogP contribution in [0.25, 0.3) is 0 Å². The summed E-state index contributed by atoms with van der Waals surface area (Å²) in [5.41, 5.74) is 2.27. The lowest BCUT2D eigenvalue weighted by Gasteiger charge is -2.04. The third kappa shape index (κ3) is 3.00. The third-order valence-electron chi connectivity index (χ3n) is 2.30. The maximum Gasteiger partial charge on any atom is 0.240 e. The maximum atomic E-state index is 10.3. The van der Waals surface area contributed by atoms with Gasteiger partial charge in [0, 0.05) is 6.42 Å². The summed E-state index contributed by atoms with van der Waals surface area (Å²) in [5, 5.41) is 0.390. The van der Waals surface area contributed by atoms with E-state index in [4.69, 9.17) is 11.6 Å². The molecule has 3 nitrogen and oxygen atoms in total. The molecule has 2 rings (SSSR count). The Kier molecular flexibility index (Phi) is 3.66. The second-order valence-electron chi connectivity index (χ2n) is 3.47. The van der Waals surface area contributed by atoms with Gasteiger partial charge in [-0.1, -0.05) is 41.9 Å². The second kappa shape index (κ2) is 5.39. The minimum Gasteiger partial charge on any atom is -0.239 e. The molecule has 1 aromatic carbocycles. The minimum atomic E-state index is 0.390. The predicted molar refractivity (Wildman–Crippen MR) is 66.3 cm³/mol. The van der Waals surface area contributed by atoms with Gasteiger partial charge in [-0.05, 0) is 17.7 Å². The van der Waals surface area contributed by atoms with Crippen molar-refractivity contribution in [2.24, 2.45) is 4.99 Å². The van der Waals surface area contributed by atoms with Crippen molar-refractivity contribution in [1.29, 1.82) is 0 Å². The molecule has 0 spiro atoms. The van der Waals surface area contributed by atoms with Crippen LogP contribution in [-0.4, -0.2) is 11.1 Å². The largest absolute Gasteiger partial charge is 0.240 e. The number of nitrogens with zero attached hydrogens (tertiary/aromatic N) is 2. The zero-order valence-corrected chi connectivity index (χ0v) is 9.69. The Morgan fingerprint density at radius 1 is 1.18 bits per heavy atom. The molecular weight excluding hydrogens is 236 g/mol. The SMILES string of the molecule is O=C=Nc1ccc(Cl)nc1Cc1ccccc1. The average Bonchev–Trinajstić information content (AvgIpc) is 2.34. The highest BCUT2D eigenvalue weighted by molar-refractivity contribution is 6.29. The molecule has 0 fully saturated rings. The van der Waals surface area contributed by atoms with Gasteiger partial charge in [-0.15, -0.1) is 0 Å². The molecule has 0 saturated carbocycles. The Morgan fingerprint density at radius 2 is 1.94 bits per heavy atom. The molecule has 2 aromatic rings. The summed E-state index contributed by atoms with van der Waals surface area (Å²) < 4.78 is 0. The Hall–Kier alpha value is -1.96. The molecule has 0 amide bonds. The number of pyridine rings is 1. The van der Waals surface area contributed by atoms with Crippen molar-refractivity contribution in [2.75, 3.05) is 0 Å². The maximum absolute atomic E-state index is 10.3. The Bertz CT molecular complexity index is 563. The Balaban J connectivity index is 2.37. The first kappa shape index (κ1) is 11.5. The van der Waals surface area contributed by atoms with Gasteiger partial charge in [-0.3, -0.25) is 0 Å². The molecule has 17 heavy (non-hydrogen) atoms. The van der Waals surface area contributed by atoms with Crippen LogP contribution < -0.4 is 0 Å². The monoisotopic (exact) mass is 244 g/mol. The van der Waals surface area contributed by atoms with Crippen molar-refractivity contribution < 1.29 is 4.79 Å². The van der Waals surface area contributed by atoms with E-state index in [1.807, 2.05) is 30.3 Å². The van der Waals surface area contributed by atoms with Gasteiger partial charge in [0.05, 0.1) is 11.4 Å². The van der Waals surface area contributed by atoms with E-state index in [9.17, 15) is 4.79 Å². The van der Waals surface area contributed by atoms with Crippen LogP contribution in [0.3, 0.4) is 0 Å². The quantitative estimate of drug-likeness (QED) is 0.472. The van der Waals surface area contributed by atoms with E-state index in [1.54, 1.807) is 12.1 Å². The van der Waals surface area contributed by atoms with Gasteiger partial charge in [0.2, 0.25) is 6.08 Å². The fourth-order valence-electron chi connectivity index (χ4n) is 1.54. The first-order chi connectivity index (χ1) is 8.29. The summed E-state index contributed by atoms with van der Waals surface area (Å²) in [6, 6.07) is 13.1. The fourth-order valence-corrected chi connectivity index (χ4v) is 1.70. The van der Waals surface area contributed by atoms with Crippen LogP contribution in [0.5, 0.6) is 0 Å². The van der Waals surface area contributed by atoms with Gasteiger partial charge >= 0.3 is 0 Å². The third-order valence-corrected chi connectivity index (χ3v) is 2.51. The van der Waals surface area contributed by atoms with Gasteiger partial charge in [0.25, 0.3) is 0 Å². The second-order valence-corrected chi connectivity index (χ2v) is 3.85. The van der Waals surface area contributed by atoms with Crippen molar-refractivity contribution in [3.63, 3.8) is 0 Å². The molecule has 0 bridgehead atoms. The zero-order valence-electron chi connectivity index (χ0n) is 8.93. The van der Waals surface area contributed by atoms with Crippen LogP contribution in [0.1, 0.15) is 11.3 Å². The van der Waals surface area contributed by atoms with Crippen LogP contribution in [0, 0.1) is 0 Å². The topological polar surface area (TPSA) is 42.3 Å². The van der Waals surface area contributed by atoms with Crippen molar-refractivity contribution in [1.82, 2.24) is 4.98 Å². The normalized spacial score (nSPS) is 9.71. The molecule has 1 aromatic heterocycles. The molecule has 4 heteroatoms. The van der Waals surface area contributed by atoms with Crippen LogP contribution in [0.4, 0.5) is 5.69 Å². The lowest BCUT2D eigenvalue weighted by Crippen LogP contribution is -1.93. The molecule has 0 unspecified atom stereocenters. The lowest BCUT2D eigenvalue weighted by atomic mass is 10.1. The molecule has 84 valence electrons. The molecule has 0 aliphatic carbocycles. The Labute approximate surface area is 104 Å². The smallest absolute Gasteiger partial charge is 0.239 e. The summed E-state index contributed by atoms with van der Waals surface area (Å²) in [7, 11) is 0. The standard InChI is InChI=1S/C13H9ClN2O/c14-13-7-6-11(15-9-17)12(16-13)8-10-4-2-1-3-5-10/h1-7H,8H2. The van der Waals surface area contributed by atoms with Crippen molar-refractivity contribution in [2.45, 2.75) is 6.42 Å². The molecular formula is C13H9ClN2O. The van der Waals surface area contributed by atoms with Gasteiger partial charge in [-0.2, -0.15) is 4.99 Å². The molecule has 1 heterocycles. The number of isocyanates is 1. The van der Waals surface area contributed by atoms with E-state index in [-0.39, 0.29) is 0 Å². The lowest BCUT2D eigenvalue weighted by molar-refractivity contribution is 0.565. The Morgan fingerprint density at radius 3 is 2.65 bits per heavy atom. The van der Waals surface area contributed by atoms with Crippen molar-refractivity contribution in [3.8, 4) is 0 Å². The highest BCUT2D eigenvalue weighted by atomic mass is 35.5. The number of hydrogen-bond acceptors (Lipinski definition) is 3. The highest BCUT2D eigenvalue weighted by Gasteiger charge is 2.05. The molecule has 0 N–H and O–H groups in total. The first-order valence-electron chi connectivity index (χ1n) is 5.07. The number of benzene rings is 1. The van der Waals surface area contributed by atoms with Gasteiger partial charge < -0.3 is 0 Å². The summed E-state index contributed by atoms with van der Waals surface area (Å²) in [6.07, 6.45) is 2.11. The van der Waals surface area contributed by atoms with E-state index < -0.39 is 0 Å². The van der Waals surface area contributed by atoms with E-state index in [1.165, 1.54) is 6.08 Å². The van der Waals surface area contributed by atoms with Gasteiger partial charge in [0.1, 0.15) is 5.15 Å². The number of hydrogen-bond donors (Lipinski definition) is 0. The van der Waals surface area contributed by atoms with E-state index >= 15 is 0 Å². The first-order valence-corrected chi connectivity index (χ1v) is 5.44. The number of aliphatic imine (C=N–C) groups is 1. The summed E-state index contributed by atoms with van der Waals surface area (Å²) in [4.78, 5) is 18.1. The van der Waals surface area contributed by atoms with Gasteiger partial charge in [0.15, 0.2) is 0 Å². The predicted octanol–water partition coefficient (Wildman–Crippen LogP) is 3.29. The van der Waals surface area contributed by atoms with Crippen LogP contribution in [0.15, 0.2) is 47.5 Å². The molecule has 0 aliphatic rings. The highest BCUT2D eigenvalue weighted by Crippen LogP contribution is 2.22. The molecule has 0 radical (unpaired) electrons. The summed E-state index contributed by atoms with van der Waals surface area (Å²) >= 11 is 5.83.